The molecule has 0 saturated heterocycles. The fraction of sp³-hybridized carbons (Fsp3) is 0.320. The number of nitrogens with zero attached hydrogens (tertiary/aromatic N) is 2. The van der Waals surface area contributed by atoms with Gasteiger partial charge in [0.05, 0.1) is 16.0 Å². The van der Waals surface area contributed by atoms with Crippen LogP contribution in [0.4, 0.5) is 17.6 Å². The third kappa shape index (κ3) is 6.11. The van der Waals surface area contributed by atoms with Crippen molar-refractivity contribution in [3.05, 3.63) is 86.3 Å². The molecule has 1 aliphatic carbocycles. The van der Waals surface area contributed by atoms with Gasteiger partial charge in [0.15, 0.2) is 11.6 Å². The number of aryl methyl sites for hydroxylation is 2. The molecule has 1 saturated carbocycles. The fourth-order valence-corrected chi connectivity index (χ4v) is 4.20. The van der Waals surface area contributed by atoms with E-state index in [0.29, 0.717) is 40.8 Å². The number of Topliss-reactive ketones (excluding diaryl/α,β-unsaturated/α-hetero) is 1. The van der Waals surface area contributed by atoms with Gasteiger partial charge in [0.25, 0.3) is 0 Å². The summed E-state index contributed by atoms with van der Waals surface area (Å²) in [7, 11) is 0. The van der Waals surface area contributed by atoms with E-state index < -0.39 is 28.0 Å². The minimum Gasteiger partial charge on any atom is -0.425 e. The van der Waals surface area contributed by atoms with E-state index in [-0.39, 0.29) is 17.8 Å². The first-order valence-corrected chi connectivity index (χ1v) is 11.6. The van der Waals surface area contributed by atoms with Crippen molar-refractivity contribution in [2.45, 2.75) is 50.6 Å². The molecule has 184 valence electrons. The highest BCUT2D eigenvalue weighted by Gasteiger charge is 2.39. The zero-order chi connectivity index (χ0) is 25.3. The molecule has 0 spiro atoms. The van der Waals surface area contributed by atoms with Crippen molar-refractivity contribution in [1.82, 2.24) is 10.2 Å². The van der Waals surface area contributed by atoms with E-state index in [9.17, 15) is 22.4 Å². The highest BCUT2D eigenvalue weighted by molar-refractivity contribution is 6.35. The highest BCUT2D eigenvalue weighted by Crippen LogP contribution is 2.40. The zero-order valence-electron chi connectivity index (χ0n) is 18.5. The number of ketones is 1. The maximum Gasteiger partial charge on any atom is 0.399 e. The Morgan fingerprint density at radius 2 is 1.86 bits per heavy atom. The molecule has 0 aliphatic heterocycles. The Morgan fingerprint density at radius 3 is 2.46 bits per heavy atom. The quantitative estimate of drug-likeness (QED) is 0.170. The Morgan fingerprint density at radius 1 is 1.17 bits per heavy atom. The number of carbonyl (C=O) groups is 1. The topological polar surface area (TPSA) is 56.0 Å². The second-order valence-electron chi connectivity index (χ2n) is 8.48. The third-order valence-electron chi connectivity index (χ3n) is 5.72. The molecule has 1 aliphatic rings. The van der Waals surface area contributed by atoms with Crippen LogP contribution in [-0.2, 0) is 6.42 Å². The first kappa shape index (κ1) is 25.4. The number of hydrogen-bond acceptors (Lipinski definition) is 4. The van der Waals surface area contributed by atoms with Gasteiger partial charge in [-0.3, -0.25) is 4.79 Å². The molecule has 0 radical (unpaired) electrons. The molecule has 4 rings (SSSR count). The van der Waals surface area contributed by atoms with E-state index in [1.807, 2.05) is 0 Å². The summed E-state index contributed by atoms with van der Waals surface area (Å²) < 4.78 is 60.3. The Kier molecular flexibility index (Phi) is 7.33. The lowest BCUT2D eigenvalue weighted by Crippen LogP contribution is -2.19. The number of halogens is 6. The lowest BCUT2D eigenvalue weighted by Gasteiger charge is -2.18. The first-order chi connectivity index (χ1) is 16.5. The predicted octanol–water partition coefficient (Wildman–Crippen LogP) is 7.88. The highest BCUT2D eigenvalue weighted by atomic mass is 35.5. The van der Waals surface area contributed by atoms with E-state index >= 15 is 0 Å². The van der Waals surface area contributed by atoms with Crippen molar-refractivity contribution in [2.24, 2.45) is 0 Å². The zero-order valence-corrected chi connectivity index (χ0v) is 20.0. The number of hydrogen-bond donors (Lipinski definition) is 0. The second kappa shape index (κ2) is 10.1. The van der Waals surface area contributed by atoms with Crippen LogP contribution in [-0.4, -0.2) is 22.2 Å². The van der Waals surface area contributed by atoms with Crippen molar-refractivity contribution in [2.75, 3.05) is 0 Å². The molecule has 1 fully saturated rings. The Bertz CT molecular complexity index is 1260. The number of rotatable bonds is 8. The Labute approximate surface area is 208 Å². The van der Waals surface area contributed by atoms with Crippen molar-refractivity contribution in [3.63, 3.8) is 0 Å². The summed E-state index contributed by atoms with van der Waals surface area (Å²) in [6.45, 7) is 1.71. The monoisotopic (exact) mass is 526 g/mol. The summed E-state index contributed by atoms with van der Waals surface area (Å²) in [4.78, 5) is 12.7. The number of aromatic nitrogens is 2. The minimum atomic E-state index is -4.65. The summed E-state index contributed by atoms with van der Waals surface area (Å²) in [5, 5.41) is 6.99. The fourth-order valence-electron chi connectivity index (χ4n) is 3.69. The summed E-state index contributed by atoms with van der Waals surface area (Å²) in [5.41, 5.74) is 1.28. The van der Waals surface area contributed by atoms with Gasteiger partial charge in [-0.15, -0.1) is 10.2 Å². The van der Waals surface area contributed by atoms with E-state index in [1.165, 1.54) is 6.08 Å². The van der Waals surface area contributed by atoms with Gasteiger partial charge in [0.2, 0.25) is 11.8 Å². The maximum atomic E-state index is 13.7. The normalized spacial score (nSPS) is 15.1. The van der Waals surface area contributed by atoms with Crippen molar-refractivity contribution >= 4 is 35.1 Å². The smallest absolute Gasteiger partial charge is 0.399 e. The molecule has 4 nitrogen and oxygen atoms in total. The summed E-state index contributed by atoms with van der Waals surface area (Å²) in [6.07, 6.45) is 0.150. The summed E-state index contributed by atoms with van der Waals surface area (Å²) in [5.74, 6) is -1.79. The maximum absolute atomic E-state index is 13.7. The van der Waals surface area contributed by atoms with Crippen LogP contribution in [0.2, 0.25) is 10.0 Å². The molecule has 35 heavy (non-hydrogen) atoms. The molecule has 1 unspecified atom stereocenters. The minimum absolute atomic E-state index is 0.132. The van der Waals surface area contributed by atoms with Crippen LogP contribution in [0.5, 0.6) is 0 Å². The molecule has 0 bridgehead atoms. The van der Waals surface area contributed by atoms with Crippen LogP contribution in [0.25, 0.3) is 6.08 Å². The number of allylic oxidation sites excluding steroid dienone is 1. The van der Waals surface area contributed by atoms with Gasteiger partial charge in [-0.1, -0.05) is 53.6 Å². The molecule has 1 atom stereocenters. The lowest BCUT2D eigenvalue weighted by molar-refractivity contribution is -0.139. The van der Waals surface area contributed by atoms with E-state index in [1.54, 1.807) is 25.1 Å². The van der Waals surface area contributed by atoms with Crippen LogP contribution in [0, 0.1) is 12.7 Å². The molecular formula is C25H20Cl2F4N2O2. The Balaban J connectivity index is 1.47. The SMILES string of the molecule is Cc1cc(/C=C/C(c2cc(Cl)c(F)c(Cl)c2)C(F)(F)F)ccc1C(=O)CCc1nnc(C2CC2)o1. The van der Waals surface area contributed by atoms with Gasteiger partial charge < -0.3 is 4.42 Å². The van der Waals surface area contributed by atoms with Gasteiger partial charge in [-0.25, -0.2) is 4.39 Å². The van der Waals surface area contributed by atoms with Crippen molar-refractivity contribution < 1.29 is 26.8 Å². The van der Waals surface area contributed by atoms with Gasteiger partial charge >= 0.3 is 6.18 Å². The molecule has 3 aromatic rings. The van der Waals surface area contributed by atoms with Crippen LogP contribution >= 0.6 is 23.2 Å². The lowest BCUT2D eigenvalue weighted by atomic mass is 9.95. The third-order valence-corrected chi connectivity index (χ3v) is 6.27. The van der Waals surface area contributed by atoms with Crippen LogP contribution < -0.4 is 0 Å². The van der Waals surface area contributed by atoms with Crippen LogP contribution in [0.15, 0.2) is 40.8 Å². The molecule has 1 heterocycles. The second-order valence-corrected chi connectivity index (χ2v) is 9.30. The number of alkyl halides is 3. The first-order valence-electron chi connectivity index (χ1n) is 10.9. The standard InChI is InChI=1S/C25H20Cl2F4N2O2/c1-13-10-14(3-7-18(25(29,30)31)16-11-19(26)23(28)20(27)12-16)2-6-17(13)21(34)8-9-22-32-33-24(35-22)15-4-5-15/h2-3,6-7,10-12,15,18H,4-5,8-9H2,1H3/b7-3+. The predicted molar refractivity (Wildman–Crippen MR) is 124 cm³/mol. The average molecular weight is 527 g/mol. The summed E-state index contributed by atoms with van der Waals surface area (Å²) >= 11 is 11.4. The largest absolute Gasteiger partial charge is 0.425 e. The van der Waals surface area contributed by atoms with E-state index in [4.69, 9.17) is 27.6 Å². The van der Waals surface area contributed by atoms with Crippen LogP contribution in [0.1, 0.15) is 69.9 Å². The molecule has 0 amide bonds. The van der Waals surface area contributed by atoms with Gasteiger partial charge in [0.1, 0.15) is 0 Å². The van der Waals surface area contributed by atoms with Crippen molar-refractivity contribution in [1.29, 1.82) is 0 Å². The molecule has 0 N–H and O–H groups in total. The molecule has 2 aromatic carbocycles. The van der Waals surface area contributed by atoms with Gasteiger partial charge in [-0.05, 0) is 48.6 Å². The summed E-state index contributed by atoms with van der Waals surface area (Å²) in [6, 6.07) is 6.59. The molecule has 10 heteroatoms. The average Bonchev–Trinajstić information content (AvgIpc) is 3.53. The van der Waals surface area contributed by atoms with E-state index in [0.717, 1.165) is 31.1 Å². The van der Waals surface area contributed by atoms with Gasteiger partial charge in [-0.2, -0.15) is 13.2 Å². The molecular weight excluding hydrogens is 507 g/mol. The Hall–Kier alpha value is -2.71. The molecule has 1 aromatic heterocycles. The van der Waals surface area contributed by atoms with Gasteiger partial charge in [0, 0.05) is 24.3 Å². The van der Waals surface area contributed by atoms with Crippen LogP contribution in [0.3, 0.4) is 0 Å². The van der Waals surface area contributed by atoms with E-state index in [2.05, 4.69) is 10.2 Å². The number of benzene rings is 2. The number of carbonyl (C=O) groups excluding carboxylic acids is 1. The van der Waals surface area contributed by atoms with Crippen molar-refractivity contribution in [3.8, 4) is 0 Å².